The average Bonchev–Trinajstić information content (AvgIpc) is 3.18. The number of hydrogen-bond acceptors (Lipinski definition) is 4. The van der Waals surface area contributed by atoms with Crippen LogP contribution in [0.2, 0.25) is 0 Å². The predicted molar refractivity (Wildman–Crippen MR) is 119 cm³/mol. The molecule has 1 fully saturated rings. The van der Waals surface area contributed by atoms with Gasteiger partial charge in [-0.2, -0.15) is 0 Å². The van der Waals surface area contributed by atoms with Crippen molar-refractivity contribution in [2.75, 3.05) is 18.4 Å². The van der Waals surface area contributed by atoms with Gasteiger partial charge < -0.3 is 16.4 Å². The summed E-state index contributed by atoms with van der Waals surface area (Å²) < 4.78 is 13.8. The highest BCUT2D eigenvalue weighted by molar-refractivity contribution is 9.10. The van der Waals surface area contributed by atoms with Gasteiger partial charge in [0.2, 0.25) is 11.8 Å². The van der Waals surface area contributed by atoms with Gasteiger partial charge in [0.25, 0.3) is 5.91 Å². The molecule has 0 saturated carbocycles. The number of benzene rings is 2. The maximum Gasteiger partial charge on any atom is 0.252 e. The van der Waals surface area contributed by atoms with E-state index in [1.54, 1.807) is 6.07 Å². The van der Waals surface area contributed by atoms with Crippen LogP contribution in [0.5, 0.6) is 0 Å². The van der Waals surface area contributed by atoms with Crippen molar-refractivity contribution in [3.63, 3.8) is 0 Å². The maximum atomic E-state index is 13.3. The summed E-state index contributed by atoms with van der Waals surface area (Å²) in [7, 11) is 0. The van der Waals surface area contributed by atoms with E-state index in [2.05, 4.69) is 26.6 Å². The number of likely N-dealkylation sites (tertiary alicyclic amines) is 1. The van der Waals surface area contributed by atoms with Gasteiger partial charge in [-0.15, -0.1) is 0 Å². The van der Waals surface area contributed by atoms with Crippen molar-refractivity contribution in [1.82, 2.24) is 10.2 Å². The minimum absolute atomic E-state index is 0.0682. The Balaban J connectivity index is 1.49. The van der Waals surface area contributed by atoms with Crippen LogP contribution in [-0.4, -0.2) is 41.8 Å². The molecule has 0 radical (unpaired) electrons. The zero-order chi connectivity index (χ0) is 22.4. The van der Waals surface area contributed by atoms with E-state index in [1.165, 1.54) is 12.1 Å². The van der Waals surface area contributed by atoms with Crippen LogP contribution in [0.3, 0.4) is 0 Å². The largest absolute Gasteiger partial charge is 0.368 e. The number of nitrogens with two attached hydrogens (primary N) is 1. The van der Waals surface area contributed by atoms with E-state index in [-0.39, 0.29) is 36.4 Å². The molecule has 9 heteroatoms. The highest BCUT2D eigenvalue weighted by atomic mass is 79.9. The van der Waals surface area contributed by atoms with E-state index < -0.39 is 11.7 Å². The summed E-state index contributed by atoms with van der Waals surface area (Å²) in [5.74, 6) is -1.54. The van der Waals surface area contributed by atoms with E-state index in [9.17, 15) is 18.8 Å². The molecule has 1 aliphatic rings. The average molecular weight is 491 g/mol. The standard InChI is InChI=1S/C22H24BrFN4O3/c23-18-7-6-15(24)12-17(18)22(31)26-9-8-20(29)27-16-4-1-3-14(11-16)13-28-10-2-5-19(28)21(25)30/h1,3-4,6-7,11-12,19H,2,5,8-10,13H2,(H2,25,30)(H,26,31)(H,27,29). The highest BCUT2D eigenvalue weighted by Crippen LogP contribution is 2.21. The van der Waals surface area contributed by atoms with E-state index in [0.717, 1.165) is 31.0 Å². The van der Waals surface area contributed by atoms with E-state index >= 15 is 0 Å². The normalized spacial score (nSPS) is 16.1. The smallest absolute Gasteiger partial charge is 0.252 e. The fraction of sp³-hybridized carbons (Fsp3) is 0.318. The lowest BCUT2D eigenvalue weighted by molar-refractivity contribution is -0.122. The Labute approximate surface area is 188 Å². The summed E-state index contributed by atoms with van der Waals surface area (Å²) in [6.07, 6.45) is 1.77. The van der Waals surface area contributed by atoms with Crippen LogP contribution < -0.4 is 16.4 Å². The number of nitrogens with one attached hydrogen (secondary N) is 2. The Morgan fingerprint density at radius 1 is 1.19 bits per heavy atom. The number of rotatable bonds is 8. The van der Waals surface area contributed by atoms with E-state index in [4.69, 9.17) is 5.73 Å². The van der Waals surface area contributed by atoms with Crippen molar-refractivity contribution in [1.29, 1.82) is 0 Å². The van der Waals surface area contributed by atoms with Gasteiger partial charge in [-0.3, -0.25) is 19.3 Å². The zero-order valence-corrected chi connectivity index (χ0v) is 18.5. The monoisotopic (exact) mass is 490 g/mol. The lowest BCUT2D eigenvalue weighted by Gasteiger charge is -2.22. The van der Waals surface area contributed by atoms with Gasteiger partial charge in [0.05, 0.1) is 11.6 Å². The number of halogens is 2. The third kappa shape index (κ3) is 6.35. The van der Waals surface area contributed by atoms with Gasteiger partial charge in [-0.05, 0) is 71.2 Å². The molecule has 1 unspecified atom stereocenters. The first kappa shape index (κ1) is 22.9. The minimum Gasteiger partial charge on any atom is -0.368 e. The molecule has 1 atom stereocenters. The van der Waals surface area contributed by atoms with Crippen molar-refractivity contribution >= 4 is 39.3 Å². The van der Waals surface area contributed by atoms with E-state index in [0.29, 0.717) is 16.7 Å². The molecule has 3 rings (SSSR count). The van der Waals surface area contributed by atoms with Gasteiger partial charge in [0, 0.05) is 29.7 Å². The molecule has 4 N–H and O–H groups in total. The summed E-state index contributed by atoms with van der Waals surface area (Å²) in [6.45, 7) is 1.50. The SMILES string of the molecule is NC(=O)C1CCCN1Cc1cccc(NC(=O)CCNC(=O)c2cc(F)ccc2Br)c1. The first-order valence-electron chi connectivity index (χ1n) is 9.99. The van der Waals surface area contributed by atoms with Gasteiger partial charge in [0.15, 0.2) is 0 Å². The third-order valence-corrected chi connectivity index (χ3v) is 5.79. The minimum atomic E-state index is -0.512. The second-order valence-corrected chi connectivity index (χ2v) is 8.26. The molecule has 1 saturated heterocycles. The Morgan fingerprint density at radius 3 is 2.77 bits per heavy atom. The first-order valence-corrected chi connectivity index (χ1v) is 10.8. The number of primary amides is 1. The molecule has 0 aromatic heterocycles. The van der Waals surface area contributed by atoms with Gasteiger partial charge in [-0.25, -0.2) is 4.39 Å². The molecule has 2 aromatic carbocycles. The highest BCUT2D eigenvalue weighted by Gasteiger charge is 2.28. The summed E-state index contributed by atoms with van der Waals surface area (Å²) in [5, 5.41) is 5.42. The van der Waals surface area contributed by atoms with Crippen molar-refractivity contribution in [2.45, 2.75) is 31.8 Å². The molecular formula is C22H24BrFN4O3. The Kier molecular flexibility index (Phi) is 7.75. The number of carbonyl (C=O) groups is 3. The predicted octanol–water partition coefficient (Wildman–Crippen LogP) is 2.80. The van der Waals surface area contributed by atoms with Crippen molar-refractivity contribution < 1.29 is 18.8 Å². The second-order valence-electron chi connectivity index (χ2n) is 7.41. The summed E-state index contributed by atoms with van der Waals surface area (Å²) in [5.41, 5.74) is 7.24. The molecule has 164 valence electrons. The molecule has 0 bridgehead atoms. The lowest BCUT2D eigenvalue weighted by atomic mass is 10.1. The van der Waals surface area contributed by atoms with Crippen LogP contribution in [-0.2, 0) is 16.1 Å². The lowest BCUT2D eigenvalue weighted by Crippen LogP contribution is -2.39. The molecule has 7 nitrogen and oxygen atoms in total. The number of anilines is 1. The molecule has 1 aliphatic heterocycles. The van der Waals surface area contributed by atoms with Crippen LogP contribution in [0.4, 0.5) is 10.1 Å². The summed E-state index contributed by atoms with van der Waals surface area (Å²) in [6, 6.07) is 11.0. The number of hydrogen-bond donors (Lipinski definition) is 3. The van der Waals surface area contributed by atoms with Crippen LogP contribution in [0.25, 0.3) is 0 Å². The molecule has 0 aliphatic carbocycles. The van der Waals surface area contributed by atoms with E-state index in [1.807, 2.05) is 23.1 Å². The maximum absolute atomic E-state index is 13.3. The fourth-order valence-electron chi connectivity index (χ4n) is 3.60. The second kappa shape index (κ2) is 10.5. The van der Waals surface area contributed by atoms with Gasteiger partial charge >= 0.3 is 0 Å². The fourth-order valence-corrected chi connectivity index (χ4v) is 4.03. The first-order chi connectivity index (χ1) is 14.8. The van der Waals surface area contributed by atoms with Crippen LogP contribution in [0.15, 0.2) is 46.9 Å². The van der Waals surface area contributed by atoms with Crippen molar-refractivity contribution in [3.8, 4) is 0 Å². The Bertz CT molecular complexity index is 985. The molecule has 0 spiro atoms. The van der Waals surface area contributed by atoms with Crippen LogP contribution in [0.1, 0.15) is 35.2 Å². The van der Waals surface area contributed by atoms with Crippen LogP contribution in [0, 0.1) is 5.82 Å². The molecule has 31 heavy (non-hydrogen) atoms. The molecule has 3 amide bonds. The van der Waals surface area contributed by atoms with Gasteiger partial charge in [0.1, 0.15) is 5.82 Å². The van der Waals surface area contributed by atoms with Crippen molar-refractivity contribution in [2.24, 2.45) is 5.73 Å². The van der Waals surface area contributed by atoms with Crippen LogP contribution >= 0.6 is 15.9 Å². The summed E-state index contributed by atoms with van der Waals surface area (Å²) >= 11 is 3.21. The summed E-state index contributed by atoms with van der Waals surface area (Å²) in [4.78, 5) is 38.0. The van der Waals surface area contributed by atoms with Crippen molar-refractivity contribution in [3.05, 3.63) is 63.9 Å². The number of carbonyl (C=O) groups excluding carboxylic acids is 3. The Morgan fingerprint density at radius 2 is 2.00 bits per heavy atom. The molecule has 1 heterocycles. The quantitative estimate of drug-likeness (QED) is 0.528. The third-order valence-electron chi connectivity index (χ3n) is 5.10. The number of amides is 3. The topological polar surface area (TPSA) is 105 Å². The Hall–Kier alpha value is -2.78. The zero-order valence-electron chi connectivity index (χ0n) is 16.9. The number of nitrogens with zero attached hydrogens (tertiary/aromatic N) is 1. The molecular weight excluding hydrogens is 467 g/mol. The van der Waals surface area contributed by atoms with Gasteiger partial charge in [-0.1, -0.05) is 12.1 Å². The molecule has 2 aromatic rings.